The number of nitrogens with two attached hydrogens (primary N) is 1. The maximum Gasteiger partial charge on any atom is 0.227 e. The van der Waals surface area contributed by atoms with Gasteiger partial charge < -0.3 is 15.2 Å². The first-order valence-corrected chi connectivity index (χ1v) is 8.67. The van der Waals surface area contributed by atoms with Gasteiger partial charge in [0.1, 0.15) is 5.76 Å². The molecule has 0 bridgehead atoms. The number of rotatable bonds is 9. The molecule has 2 aromatic rings. The fourth-order valence-corrected chi connectivity index (χ4v) is 2.83. The number of aryl methyl sites for hydroxylation is 2. The SMILES string of the molecule is CCc1noc(CC)c1CC(=O)N(CCN)CCc1ccccc1. The Kier molecular flexibility index (Phi) is 7.00. The van der Waals surface area contributed by atoms with E-state index in [0.29, 0.717) is 26.1 Å². The van der Waals surface area contributed by atoms with Gasteiger partial charge in [0.15, 0.2) is 0 Å². The van der Waals surface area contributed by atoms with Crippen molar-refractivity contribution < 1.29 is 9.32 Å². The van der Waals surface area contributed by atoms with Gasteiger partial charge in [0, 0.05) is 31.6 Å². The quantitative estimate of drug-likeness (QED) is 0.766. The average Bonchev–Trinajstić information content (AvgIpc) is 3.01. The lowest BCUT2D eigenvalue weighted by molar-refractivity contribution is -0.130. The highest BCUT2D eigenvalue weighted by Crippen LogP contribution is 2.17. The molecule has 0 saturated carbocycles. The Hall–Kier alpha value is -2.14. The lowest BCUT2D eigenvalue weighted by Gasteiger charge is -2.22. The highest BCUT2D eigenvalue weighted by molar-refractivity contribution is 5.79. The van der Waals surface area contributed by atoms with E-state index in [4.69, 9.17) is 10.3 Å². The molecular weight excluding hydrogens is 302 g/mol. The number of amides is 1. The van der Waals surface area contributed by atoms with E-state index in [-0.39, 0.29) is 5.91 Å². The largest absolute Gasteiger partial charge is 0.361 e. The first kappa shape index (κ1) is 18.2. The second-order valence-corrected chi connectivity index (χ2v) is 5.82. The summed E-state index contributed by atoms with van der Waals surface area (Å²) in [6.07, 6.45) is 2.69. The highest BCUT2D eigenvalue weighted by atomic mass is 16.5. The Labute approximate surface area is 143 Å². The molecule has 0 radical (unpaired) electrons. The van der Waals surface area contributed by atoms with Gasteiger partial charge >= 0.3 is 0 Å². The number of carbonyl (C=O) groups excluding carboxylic acids is 1. The van der Waals surface area contributed by atoms with Crippen molar-refractivity contribution in [2.45, 2.75) is 39.5 Å². The van der Waals surface area contributed by atoms with Crippen molar-refractivity contribution in [2.75, 3.05) is 19.6 Å². The third kappa shape index (κ3) is 4.68. The number of aromatic nitrogens is 1. The van der Waals surface area contributed by atoms with Crippen LogP contribution in [0, 0.1) is 0 Å². The van der Waals surface area contributed by atoms with Crippen LogP contribution in [0.2, 0.25) is 0 Å². The van der Waals surface area contributed by atoms with E-state index in [1.807, 2.05) is 36.9 Å². The van der Waals surface area contributed by atoms with Gasteiger partial charge in [-0.2, -0.15) is 0 Å². The molecule has 1 amide bonds. The third-order valence-electron chi connectivity index (χ3n) is 4.20. The number of hydrogen-bond acceptors (Lipinski definition) is 4. The van der Waals surface area contributed by atoms with Gasteiger partial charge in [-0.05, 0) is 18.4 Å². The van der Waals surface area contributed by atoms with Crippen molar-refractivity contribution in [2.24, 2.45) is 5.73 Å². The van der Waals surface area contributed by atoms with Crippen LogP contribution in [-0.2, 0) is 30.5 Å². The van der Waals surface area contributed by atoms with Gasteiger partial charge in [0.2, 0.25) is 5.91 Å². The molecule has 130 valence electrons. The molecular formula is C19H27N3O2. The predicted molar refractivity (Wildman–Crippen MR) is 94.7 cm³/mol. The molecule has 0 unspecified atom stereocenters. The molecule has 0 atom stereocenters. The molecule has 1 heterocycles. The zero-order chi connectivity index (χ0) is 17.4. The van der Waals surface area contributed by atoms with Crippen molar-refractivity contribution in [3.05, 3.63) is 52.9 Å². The number of nitrogens with zero attached hydrogens (tertiary/aromatic N) is 2. The Bertz CT molecular complexity index is 616. The standard InChI is InChI=1S/C19H27N3O2/c1-3-17-16(18(4-2)24-21-17)14-19(23)22(13-11-20)12-10-15-8-6-5-7-9-15/h5-9H,3-4,10-14,20H2,1-2H3. The van der Waals surface area contributed by atoms with Crippen LogP contribution in [0.3, 0.4) is 0 Å². The predicted octanol–water partition coefficient (Wildman–Crippen LogP) is 2.37. The van der Waals surface area contributed by atoms with Gasteiger partial charge in [-0.25, -0.2) is 0 Å². The van der Waals surface area contributed by atoms with Crippen LogP contribution in [0.4, 0.5) is 0 Å². The minimum absolute atomic E-state index is 0.0870. The van der Waals surface area contributed by atoms with Crippen molar-refractivity contribution in [1.82, 2.24) is 10.1 Å². The van der Waals surface area contributed by atoms with E-state index < -0.39 is 0 Å². The molecule has 1 aromatic heterocycles. The summed E-state index contributed by atoms with van der Waals surface area (Å²) in [4.78, 5) is 14.6. The van der Waals surface area contributed by atoms with Gasteiger partial charge in [0.05, 0.1) is 12.1 Å². The van der Waals surface area contributed by atoms with Crippen LogP contribution >= 0.6 is 0 Å². The summed E-state index contributed by atoms with van der Waals surface area (Å²) in [6.45, 7) is 5.75. The fourth-order valence-electron chi connectivity index (χ4n) is 2.83. The normalized spacial score (nSPS) is 10.8. The smallest absolute Gasteiger partial charge is 0.227 e. The molecule has 0 saturated heterocycles. The Morgan fingerprint density at radius 2 is 1.92 bits per heavy atom. The van der Waals surface area contributed by atoms with E-state index in [0.717, 1.165) is 36.3 Å². The van der Waals surface area contributed by atoms with E-state index in [1.165, 1.54) is 5.56 Å². The summed E-state index contributed by atoms with van der Waals surface area (Å²) in [5, 5.41) is 4.09. The third-order valence-corrected chi connectivity index (χ3v) is 4.20. The maximum atomic E-state index is 12.8. The maximum absolute atomic E-state index is 12.8. The minimum Gasteiger partial charge on any atom is -0.361 e. The van der Waals surface area contributed by atoms with Crippen LogP contribution in [0.25, 0.3) is 0 Å². The fraction of sp³-hybridized carbons (Fsp3) is 0.474. The number of carbonyl (C=O) groups is 1. The van der Waals surface area contributed by atoms with E-state index in [2.05, 4.69) is 17.3 Å². The molecule has 24 heavy (non-hydrogen) atoms. The number of hydrogen-bond donors (Lipinski definition) is 1. The second-order valence-electron chi connectivity index (χ2n) is 5.82. The van der Waals surface area contributed by atoms with Crippen molar-refractivity contribution >= 4 is 5.91 Å². The summed E-state index contributed by atoms with van der Waals surface area (Å²) in [5.74, 6) is 0.903. The van der Waals surface area contributed by atoms with Crippen LogP contribution in [0.1, 0.15) is 36.4 Å². The Morgan fingerprint density at radius 3 is 2.54 bits per heavy atom. The molecule has 2 N–H and O–H groups in total. The monoisotopic (exact) mass is 329 g/mol. The van der Waals surface area contributed by atoms with Crippen molar-refractivity contribution in [3.8, 4) is 0 Å². The van der Waals surface area contributed by atoms with Crippen LogP contribution in [0.15, 0.2) is 34.9 Å². The first-order chi connectivity index (χ1) is 11.7. The van der Waals surface area contributed by atoms with Gasteiger partial charge in [-0.15, -0.1) is 0 Å². The molecule has 5 nitrogen and oxygen atoms in total. The van der Waals surface area contributed by atoms with Crippen molar-refractivity contribution in [1.29, 1.82) is 0 Å². The summed E-state index contributed by atoms with van der Waals surface area (Å²) >= 11 is 0. The summed E-state index contributed by atoms with van der Waals surface area (Å²) in [7, 11) is 0. The number of benzene rings is 1. The van der Waals surface area contributed by atoms with Crippen LogP contribution < -0.4 is 5.73 Å². The van der Waals surface area contributed by atoms with Crippen LogP contribution in [-0.4, -0.2) is 35.6 Å². The van der Waals surface area contributed by atoms with Crippen LogP contribution in [0.5, 0.6) is 0 Å². The summed E-state index contributed by atoms with van der Waals surface area (Å²) < 4.78 is 5.36. The van der Waals surface area contributed by atoms with Gasteiger partial charge in [0.25, 0.3) is 0 Å². The topological polar surface area (TPSA) is 72.4 Å². The summed E-state index contributed by atoms with van der Waals surface area (Å²) in [6, 6.07) is 10.2. The molecule has 0 spiro atoms. The lowest BCUT2D eigenvalue weighted by Crippen LogP contribution is -2.38. The molecule has 1 aromatic carbocycles. The Balaban J connectivity index is 2.04. The van der Waals surface area contributed by atoms with Gasteiger partial charge in [-0.1, -0.05) is 49.3 Å². The second kappa shape index (κ2) is 9.23. The summed E-state index contributed by atoms with van der Waals surface area (Å²) in [5.41, 5.74) is 8.76. The lowest BCUT2D eigenvalue weighted by atomic mass is 10.1. The molecule has 0 fully saturated rings. The molecule has 0 aliphatic carbocycles. The molecule has 2 rings (SSSR count). The minimum atomic E-state index is 0.0870. The molecule has 5 heteroatoms. The van der Waals surface area contributed by atoms with Crippen molar-refractivity contribution in [3.63, 3.8) is 0 Å². The highest BCUT2D eigenvalue weighted by Gasteiger charge is 2.20. The molecule has 0 aliphatic heterocycles. The zero-order valence-corrected chi connectivity index (χ0v) is 14.6. The van der Waals surface area contributed by atoms with E-state index in [9.17, 15) is 4.79 Å². The first-order valence-electron chi connectivity index (χ1n) is 8.67. The van der Waals surface area contributed by atoms with E-state index in [1.54, 1.807) is 0 Å². The Morgan fingerprint density at radius 1 is 1.17 bits per heavy atom. The van der Waals surface area contributed by atoms with Gasteiger partial charge in [-0.3, -0.25) is 4.79 Å². The molecule has 0 aliphatic rings. The van der Waals surface area contributed by atoms with E-state index >= 15 is 0 Å². The average molecular weight is 329 g/mol. The zero-order valence-electron chi connectivity index (χ0n) is 14.6.